The summed E-state index contributed by atoms with van der Waals surface area (Å²) in [6.45, 7) is 5.09. The van der Waals surface area contributed by atoms with Crippen molar-refractivity contribution in [2.75, 3.05) is 7.11 Å². The fourth-order valence-corrected chi connectivity index (χ4v) is 2.41. The number of nitrogens with zero attached hydrogens (tertiary/aromatic N) is 4. The van der Waals surface area contributed by atoms with Gasteiger partial charge < -0.3 is 14.8 Å². The van der Waals surface area contributed by atoms with Crippen molar-refractivity contribution in [1.82, 2.24) is 25.5 Å². The summed E-state index contributed by atoms with van der Waals surface area (Å²) in [5, 5.41) is 15.1. The Bertz CT molecular complexity index is 835. The molecule has 136 valence electrons. The van der Waals surface area contributed by atoms with E-state index in [0.29, 0.717) is 17.5 Å². The zero-order valence-corrected chi connectivity index (χ0v) is 15.2. The van der Waals surface area contributed by atoms with Gasteiger partial charge in [0.2, 0.25) is 0 Å². The maximum absolute atomic E-state index is 5.91. The number of para-hydroxylation sites is 1. The third kappa shape index (κ3) is 4.18. The van der Waals surface area contributed by atoms with Crippen molar-refractivity contribution in [2.45, 2.75) is 32.9 Å². The van der Waals surface area contributed by atoms with Crippen LogP contribution in [0.25, 0.3) is 5.69 Å². The highest BCUT2D eigenvalue weighted by Crippen LogP contribution is 2.32. The first-order chi connectivity index (χ1) is 12.7. The SMILES string of the molecule is CC[C@H](C)NCc1ccc(Oc2nnnn2-c2ccccc2)c(OC)c1. The molecule has 0 spiro atoms. The maximum atomic E-state index is 5.91. The zero-order chi connectivity index (χ0) is 18.4. The molecule has 0 aliphatic heterocycles. The molecular formula is C19H23N5O2. The quantitative estimate of drug-likeness (QED) is 0.669. The average Bonchev–Trinajstić information content (AvgIpc) is 3.15. The van der Waals surface area contributed by atoms with Gasteiger partial charge in [-0.1, -0.05) is 36.3 Å². The number of hydrogen-bond donors (Lipinski definition) is 1. The lowest BCUT2D eigenvalue weighted by Crippen LogP contribution is -2.24. The Labute approximate surface area is 152 Å². The lowest BCUT2D eigenvalue weighted by molar-refractivity contribution is 0.362. The summed E-state index contributed by atoms with van der Waals surface area (Å²) >= 11 is 0. The molecule has 0 amide bonds. The van der Waals surface area contributed by atoms with Crippen molar-refractivity contribution in [3.05, 3.63) is 54.1 Å². The number of methoxy groups -OCH3 is 1. The van der Waals surface area contributed by atoms with Gasteiger partial charge in [-0.05, 0) is 53.6 Å². The van der Waals surface area contributed by atoms with Gasteiger partial charge in [0.1, 0.15) is 0 Å². The van der Waals surface area contributed by atoms with Crippen LogP contribution >= 0.6 is 0 Å². The monoisotopic (exact) mass is 353 g/mol. The van der Waals surface area contributed by atoms with Gasteiger partial charge in [0, 0.05) is 12.6 Å². The highest BCUT2D eigenvalue weighted by Gasteiger charge is 2.14. The Morgan fingerprint density at radius 1 is 1.12 bits per heavy atom. The van der Waals surface area contributed by atoms with Crippen molar-refractivity contribution in [1.29, 1.82) is 0 Å². The largest absolute Gasteiger partial charge is 0.493 e. The van der Waals surface area contributed by atoms with Crippen LogP contribution in [0, 0.1) is 0 Å². The molecule has 3 rings (SSSR count). The van der Waals surface area contributed by atoms with E-state index < -0.39 is 0 Å². The minimum Gasteiger partial charge on any atom is -0.493 e. The molecule has 1 aromatic heterocycles. The van der Waals surface area contributed by atoms with E-state index in [1.807, 2.05) is 48.5 Å². The molecule has 0 bridgehead atoms. The first kappa shape index (κ1) is 17.9. The highest BCUT2D eigenvalue weighted by atomic mass is 16.5. The molecule has 26 heavy (non-hydrogen) atoms. The van der Waals surface area contributed by atoms with Gasteiger partial charge in [0.05, 0.1) is 12.8 Å². The smallest absolute Gasteiger partial charge is 0.346 e. The van der Waals surface area contributed by atoms with Crippen molar-refractivity contribution in [3.63, 3.8) is 0 Å². The van der Waals surface area contributed by atoms with Crippen LogP contribution in [0.15, 0.2) is 48.5 Å². The normalized spacial score (nSPS) is 12.0. The van der Waals surface area contributed by atoms with Crippen LogP contribution in [-0.2, 0) is 6.54 Å². The number of ether oxygens (including phenoxy) is 2. The summed E-state index contributed by atoms with van der Waals surface area (Å²) in [5.41, 5.74) is 1.94. The molecule has 0 saturated heterocycles. The summed E-state index contributed by atoms with van der Waals surface area (Å²) in [5.74, 6) is 1.20. The first-order valence-electron chi connectivity index (χ1n) is 8.63. The summed E-state index contributed by atoms with van der Waals surface area (Å²) in [6, 6.07) is 16.2. The van der Waals surface area contributed by atoms with Crippen LogP contribution in [0.5, 0.6) is 17.5 Å². The first-order valence-corrected chi connectivity index (χ1v) is 8.63. The molecule has 7 heteroatoms. The van der Waals surface area contributed by atoms with Gasteiger partial charge in [-0.15, -0.1) is 0 Å². The Morgan fingerprint density at radius 2 is 1.92 bits per heavy atom. The van der Waals surface area contributed by atoms with Gasteiger partial charge in [0.15, 0.2) is 11.5 Å². The minimum atomic E-state index is 0.278. The van der Waals surface area contributed by atoms with Crippen molar-refractivity contribution >= 4 is 0 Å². The number of aromatic nitrogens is 4. The molecule has 0 radical (unpaired) electrons. The second-order valence-corrected chi connectivity index (χ2v) is 5.99. The van der Waals surface area contributed by atoms with E-state index >= 15 is 0 Å². The summed E-state index contributed by atoms with van der Waals surface area (Å²) in [7, 11) is 1.62. The van der Waals surface area contributed by atoms with Crippen LogP contribution in [0.3, 0.4) is 0 Å². The van der Waals surface area contributed by atoms with E-state index in [9.17, 15) is 0 Å². The van der Waals surface area contributed by atoms with E-state index in [-0.39, 0.29) is 6.01 Å². The number of benzene rings is 2. The van der Waals surface area contributed by atoms with Crippen LogP contribution in [-0.4, -0.2) is 33.4 Å². The average molecular weight is 353 g/mol. The molecule has 0 aliphatic carbocycles. The Kier molecular flexibility index (Phi) is 5.80. The number of tetrazole rings is 1. The molecule has 0 unspecified atom stereocenters. The van der Waals surface area contributed by atoms with Crippen LogP contribution < -0.4 is 14.8 Å². The van der Waals surface area contributed by atoms with E-state index in [1.54, 1.807) is 7.11 Å². The van der Waals surface area contributed by atoms with Crippen molar-refractivity contribution in [3.8, 4) is 23.2 Å². The molecule has 0 fully saturated rings. The van der Waals surface area contributed by atoms with Crippen LogP contribution in [0.1, 0.15) is 25.8 Å². The number of nitrogens with one attached hydrogen (secondary N) is 1. The van der Waals surface area contributed by atoms with E-state index in [0.717, 1.165) is 24.2 Å². The minimum absolute atomic E-state index is 0.278. The third-order valence-electron chi connectivity index (χ3n) is 4.14. The zero-order valence-electron chi connectivity index (χ0n) is 15.2. The predicted molar refractivity (Wildman–Crippen MR) is 98.8 cm³/mol. The fourth-order valence-electron chi connectivity index (χ4n) is 2.41. The van der Waals surface area contributed by atoms with E-state index in [1.165, 1.54) is 4.68 Å². The van der Waals surface area contributed by atoms with E-state index in [2.05, 4.69) is 34.7 Å². The summed E-state index contributed by atoms with van der Waals surface area (Å²) in [6.07, 6.45) is 1.08. The predicted octanol–water partition coefficient (Wildman–Crippen LogP) is 3.35. The van der Waals surface area contributed by atoms with Crippen LogP contribution in [0.2, 0.25) is 0 Å². The van der Waals surface area contributed by atoms with Gasteiger partial charge in [0.25, 0.3) is 0 Å². The lowest BCUT2D eigenvalue weighted by Gasteiger charge is -2.14. The Hall–Kier alpha value is -2.93. The van der Waals surface area contributed by atoms with Gasteiger partial charge in [-0.25, -0.2) is 0 Å². The fraction of sp³-hybridized carbons (Fsp3) is 0.316. The maximum Gasteiger partial charge on any atom is 0.346 e. The summed E-state index contributed by atoms with van der Waals surface area (Å²) in [4.78, 5) is 0. The molecule has 2 aromatic carbocycles. The summed E-state index contributed by atoms with van der Waals surface area (Å²) < 4.78 is 12.9. The van der Waals surface area contributed by atoms with Gasteiger partial charge in [-0.3, -0.25) is 0 Å². The molecule has 1 atom stereocenters. The van der Waals surface area contributed by atoms with Crippen LogP contribution in [0.4, 0.5) is 0 Å². The molecule has 3 aromatic rings. The molecule has 7 nitrogen and oxygen atoms in total. The highest BCUT2D eigenvalue weighted by molar-refractivity contribution is 5.44. The van der Waals surface area contributed by atoms with Crippen molar-refractivity contribution in [2.24, 2.45) is 0 Å². The molecule has 0 saturated carbocycles. The van der Waals surface area contributed by atoms with Crippen molar-refractivity contribution < 1.29 is 9.47 Å². The second kappa shape index (κ2) is 8.44. The lowest BCUT2D eigenvalue weighted by atomic mass is 10.2. The van der Waals surface area contributed by atoms with Gasteiger partial charge in [-0.2, -0.15) is 4.68 Å². The third-order valence-corrected chi connectivity index (χ3v) is 4.14. The molecule has 1 heterocycles. The second-order valence-electron chi connectivity index (χ2n) is 5.99. The Morgan fingerprint density at radius 3 is 2.65 bits per heavy atom. The van der Waals surface area contributed by atoms with Gasteiger partial charge >= 0.3 is 6.01 Å². The number of rotatable bonds is 8. The molecule has 1 N–H and O–H groups in total. The molecule has 0 aliphatic rings. The van der Waals surface area contributed by atoms with E-state index in [4.69, 9.17) is 9.47 Å². The Balaban J connectivity index is 1.79. The topological polar surface area (TPSA) is 74.1 Å². The standard InChI is InChI=1S/C19H23N5O2/c1-4-14(2)20-13-15-10-11-17(18(12-15)25-3)26-19-21-22-23-24(19)16-8-6-5-7-9-16/h5-12,14,20H,4,13H2,1-3H3/t14-/m0/s1. The molecular weight excluding hydrogens is 330 g/mol. The number of hydrogen-bond acceptors (Lipinski definition) is 6.